The van der Waals surface area contributed by atoms with Crippen molar-refractivity contribution in [1.82, 2.24) is 0 Å². The highest BCUT2D eigenvalue weighted by atomic mass is 28.5. The molecule has 0 saturated heterocycles. The van der Waals surface area contributed by atoms with Gasteiger partial charge in [-0.25, -0.2) is 0 Å². The molecule has 3 radical (unpaired) electrons. The summed E-state index contributed by atoms with van der Waals surface area (Å²) in [5.41, 5.74) is 0. The summed E-state index contributed by atoms with van der Waals surface area (Å²) < 4.78 is 24.3. The molecular formula is C15H33O4Si4. The Morgan fingerprint density at radius 3 is 2.39 bits per heavy atom. The third-order valence-corrected chi connectivity index (χ3v) is 11.8. The quantitative estimate of drug-likeness (QED) is 0.388. The van der Waals surface area contributed by atoms with Gasteiger partial charge in [0.2, 0.25) is 0 Å². The summed E-state index contributed by atoms with van der Waals surface area (Å²) in [4.78, 5) is 0. The minimum absolute atomic E-state index is 0.638. The molecule has 0 bridgehead atoms. The van der Waals surface area contributed by atoms with Crippen LogP contribution in [-0.2, 0) is 16.8 Å². The van der Waals surface area contributed by atoms with Crippen LogP contribution in [0.3, 0.4) is 0 Å². The van der Waals surface area contributed by atoms with E-state index in [2.05, 4.69) is 44.9 Å². The molecule has 0 aromatic carbocycles. The van der Waals surface area contributed by atoms with Gasteiger partial charge >= 0.3 is 18.8 Å². The molecule has 0 aromatic heterocycles. The Morgan fingerprint density at radius 2 is 1.87 bits per heavy atom. The predicted octanol–water partition coefficient (Wildman–Crippen LogP) is 4.38. The van der Waals surface area contributed by atoms with Crippen LogP contribution in [0.5, 0.6) is 0 Å². The highest BCUT2D eigenvalue weighted by Crippen LogP contribution is 2.25. The topological polar surface area (TPSA) is 36.9 Å². The lowest BCUT2D eigenvalue weighted by Gasteiger charge is -2.28. The van der Waals surface area contributed by atoms with E-state index < -0.39 is 36.2 Å². The molecule has 133 valence electrons. The fourth-order valence-electron chi connectivity index (χ4n) is 2.36. The zero-order valence-corrected chi connectivity index (χ0v) is 19.6. The largest absolute Gasteiger partial charge is 0.556 e. The van der Waals surface area contributed by atoms with Crippen molar-refractivity contribution in [2.24, 2.45) is 5.92 Å². The zero-order chi connectivity index (χ0) is 17.3. The van der Waals surface area contributed by atoms with Crippen LogP contribution >= 0.6 is 0 Å². The summed E-state index contributed by atoms with van der Waals surface area (Å²) in [5, 5.41) is 0. The van der Waals surface area contributed by atoms with E-state index in [1.165, 1.54) is 25.7 Å². The van der Waals surface area contributed by atoms with Gasteiger partial charge in [0, 0.05) is 6.61 Å². The molecule has 0 aromatic rings. The van der Waals surface area contributed by atoms with Crippen LogP contribution in [0.1, 0.15) is 32.6 Å². The SMILES string of the molecule is CCO[Si](O[Si](C)C)O[Si](CCC1CC=CCC1)O[Si](C)(C)C. The van der Waals surface area contributed by atoms with E-state index in [9.17, 15) is 0 Å². The zero-order valence-electron chi connectivity index (χ0n) is 15.6. The van der Waals surface area contributed by atoms with Crippen molar-refractivity contribution in [3.63, 3.8) is 0 Å². The molecule has 4 nitrogen and oxygen atoms in total. The van der Waals surface area contributed by atoms with Crippen molar-refractivity contribution in [1.29, 1.82) is 0 Å². The second-order valence-corrected chi connectivity index (χ2v) is 17.6. The van der Waals surface area contributed by atoms with E-state index in [4.69, 9.17) is 16.8 Å². The van der Waals surface area contributed by atoms with Gasteiger partial charge in [-0.15, -0.1) is 0 Å². The van der Waals surface area contributed by atoms with Gasteiger partial charge < -0.3 is 16.8 Å². The average Bonchev–Trinajstić information content (AvgIpc) is 2.44. The predicted molar refractivity (Wildman–Crippen MR) is 103 cm³/mol. The molecule has 23 heavy (non-hydrogen) atoms. The molecule has 0 saturated carbocycles. The van der Waals surface area contributed by atoms with Gasteiger partial charge in [-0.05, 0) is 77.3 Å². The molecule has 0 spiro atoms. The van der Waals surface area contributed by atoms with Crippen LogP contribution in [0, 0.1) is 5.92 Å². The average molecular weight is 390 g/mol. The van der Waals surface area contributed by atoms with Gasteiger partial charge in [-0.1, -0.05) is 12.2 Å². The second-order valence-electron chi connectivity index (χ2n) is 7.07. The first-order valence-electron chi connectivity index (χ1n) is 8.65. The van der Waals surface area contributed by atoms with Crippen molar-refractivity contribution in [2.45, 2.75) is 71.4 Å². The molecule has 0 heterocycles. The summed E-state index contributed by atoms with van der Waals surface area (Å²) in [6, 6.07) is 1.04. The smallest absolute Gasteiger partial charge is 0.436 e. The molecule has 0 amide bonds. The van der Waals surface area contributed by atoms with Gasteiger partial charge in [-0.2, -0.15) is 0 Å². The molecule has 0 fully saturated rings. The van der Waals surface area contributed by atoms with Crippen molar-refractivity contribution in [2.75, 3.05) is 6.61 Å². The molecule has 1 aliphatic rings. The van der Waals surface area contributed by atoms with E-state index in [0.29, 0.717) is 6.61 Å². The van der Waals surface area contributed by atoms with Gasteiger partial charge in [0.25, 0.3) is 0 Å². The highest BCUT2D eigenvalue weighted by molar-refractivity contribution is 6.77. The standard InChI is InChI=1S/C15H33O4Si4/c1-7-16-22(17-20(2)3)18-21(19-23(4,5)6)14-13-15-11-9-8-10-12-15/h8-9,15H,7,10-14H2,1-6H3. The van der Waals surface area contributed by atoms with Crippen LogP contribution in [-0.4, -0.2) is 42.8 Å². The van der Waals surface area contributed by atoms with Gasteiger partial charge in [0.15, 0.2) is 17.4 Å². The highest BCUT2D eigenvalue weighted by Gasteiger charge is 2.32. The summed E-state index contributed by atoms with van der Waals surface area (Å²) >= 11 is 0. The van der Waals surface area contributed by atoms with Crippen molar-refractivity contribution < 1.29 is 16.8 Å². The fraction of sp³-hybridized carbons (Fsp3) is 0.867. The van der Waals surface area contributed by atoms with Crippen LogP contribution in [0.25, 0.3) is 0 Å². The lowest BCUT2D eigenvalue weighted by molar-refractivity contribution is 0.200. The van der Waals surface area contributed by atoms with E-state index in [-0.39, 0.29) is 0 Å². The summed E-state index contributed by atoms with van der Waals surface area (Å²) in [5.74, 6) is 0.787. The maximum Gasteiger partial charge on any atom is 0.556 e. The number of hydrogen-bond acceptors (Lipinski definition) is 4. The Kier molecular flexibility index (Phi) is 10.4. The Morgan fingerprint density at radius 1 is 1.13 bits per heavy atom. The number of rotatable bonds is 11. The Balaban J connectivity index is 2.56. The van der Waals surface area contributed by atoms with Crippen LogP contribution < -0.4 is 0 Å². The van der Waals surface area contributed by atoms with E-state index >= 15 is 0 Å². The van der Waals surface area contributed by atoms with Gasteiger partial charge in [0.1, 0.15) is 0 Å². The molecule has 1 aliphatic carbocycles. The summed E-state index contributed by atoms with van der Waals surface area (Å²) in [7, 11) is -5.40. The van der Waals surface area contributed by atoms with Crippen LogP contribution in [0.2, 0.25) is 38.8 Å². The molecule has 1 rings (SSSR count). The van der Waals surface area contributed by atoms with Gasteiger partial charge in [0.05, 0.1) is 0 Å². The maximum absolute atomic E-state index is 6.36. The fourth-order valence-corrected chi connectivity index (χ4v) is 10.4. The van der Waals surface area contributed by atoms with Crippen molar-refractivity contribution >= 4 is 36.2 Å². The first-order valence-corrected chi connectivity index (χ1v) is 17.2. The van der Waals surface area contributed by atoms with Crippen molar-refractivity contribution in [3.8, 4) is 0 Å². The minimum atomic E-state index is -1.64. The lowest BCUT2D eigenvalue weighted by Crippen LogP contribution is -2.44. The molecule has 8 heteroatoms. The number of allylic oxidation sites excluding steroid dienone is 2. The minimum Gasteiger partial charge on any atom is -0.436 e. The molecule has 1 atom stereocenters. The first kappa shape index (κ1) is 21.5. The molecule has 0 aliphatic heterocycles. The van der Waals surface area contributed by atoms with E-state index in [0.717, 1.165) is 12.0 Å². The lowest BCUT2D eigenvalue weighted by atomic mass is 9.92. The van der Waals surface area contributed by atoms with Crippen LogP contribution in [0.4, 0.5) is 0 Å². The van der Waals surface area contributed by atoms with Crippen LogP contribution in [0.15, 0.2) is 12.2 Å². The van der Waals surface area contributed by atoms with E-state index in [1.807, 2.05) is 6.92 Å². The summed E-state index contributed by atoms with van der Waals surface area (Å²) in [6.07, 6.45) is 9.54. The third kappa shape index (κ3) is 10.8. The summed E-state index contributed by atoms with van der Waals surface area (Å²) in [6.45, 7) is 13.6. The Bertz CT molecular complexity index is 347. The van der Waals surface area contributed by atoms with E-state index in [1.54, 1.807) is 0 Å². The normalized spacial score (nSPS) is 19.3. The Labute approximate surface area is 149 Å². The molecule has 0 N–H and O–H groups in total. The second kappa shape index (κ2) is 11.1. The molecular weight excluding hydrogens is 357 g/mol. The monoisotopic (exact) mass is 389 g/mol. The number of hydrogen-bond donors (Lipinski definition) is 0. The van der Waals surface area contributed by atoms with Gasteiger partial charge in [-0.3, -0.25) is 0 Å². The van der Waals surface area contributed by atoms with Crippen molar-refractivity contribution in [3.05, 3.63) is 12.2 Å². The maximum atomic E-state index is 6.36. The molecule has 1 unspecified atom stereocenters. The first-order chi connectivity index (χ1) is 10.8. The third-order valence-electron chi connectivity index (χ3n) is 3.30. The Hall–Kier alpha value is 0.448.